The third kappa shape index (κ3) is 3.85. The van der Waals surface area contributed by atoms with Gasteiger partial charge in [-0.2, -0.15) is 0 Å². The second-order valence-electron chi connectivity index (χ2n) is 6.43. The Morgan fingerprint density at radius 3 is 2.72 bits per heavy atom. The molecule has 6 heteroatoms. The zero-order chi connectivity index (χ0) is 17.8. The van der Waals surface area contributed by atoms with E-state index in [0.29, 0.717) is 13.1 Å². The number of benzene rings is 1. The molecule has 1 saturated heterocycles. The first kappa shape index (κ1) is 17.5. The molecule has 2 heterocycles. The number of rotatable bonds is 5. The number of likely N-dealkylation sites (N-methyl/N-ethyl adjacent to an activating group) is 1. The van der Waals surface area contributed by atoms with Crippen LogP contribution in [-0.4, -0.2) is 59.0 Å². The largest absolute Gasteiger partial charge is 0.497 e. The molecule has 2 aromatic rings. The van der Waals surface area contributed by atoms with E-state index in [1.165, 1.54) is 5.56 Å². The Labute approximate surface area is 149 Å². The van der Waals surface area contributed by atoms with Gasteiger partial charge in [0.1, 0.15) is 18.1 Å². The zero-order valence-electron chi connectivity index (χ0n) is 15.2. The first-order valence-corrected chi connectivity index (χ1v) is 8.74. The molecule has 0 aliphatic carbocycles. The minimum atomic E-state index is 0.152. The van der Waals surface area contributed by atoms with E-state index in [4.69, 9.17) is 4.74 Å². The van der Waals surface area contributed by atoms with Crippen molar-refractivity contribution in [2.75, 3.05) is 33.8 Å². The number of carbonyl (C=O) groups excluding carboxylic acids is 1. The summed E-state index contributed by atoms with van der Waals surface area (Å²) in [7, 11) is 3.78. The van der Waals surface area contributed by atoms with Crippen LogP contribution in [0.2, 0.25) is 0 Å². The Kier molecular flexibility index (Phi) is 5.38. The number of aromatic nitrogens is 2. The van der Waals surface area contributed by atoms with Crippen LogP contribution in [0.25, 0.3) is 0 Å². The summed E-state index contributed by atoms with van der Waals surface area (Å²) in [6, 6.07) is 8.32. The second-order valence-corrected chi connectivity index (χ2v) is 6.43. The summed E-state index contributed by atoms with van der Waals surface area (Å²) < 4.78 is 7.18. The first-order valence-electron chi connectivity index (χ1n) is 8.74. The molecule has 0 radical (unpaired) electrons. The number of methoxy groups -OCH3 is 1. The summed E-state index contributed by atoms with van der Waals surface area (Å²) in [4.78, 5) is 21.3. The Bertz CT molecular complexity index is 710. The normalized spacial score (nSPS) is 18.4. The van der Waals surface area contributed by atoms with E-state index in [1.54, 1.807) is 13.3 Å². The molecular weight excluding hydrogens is 316 g/mol. The van der Waals surface area contributed by atoms with Gasteiger partial charge in [-0.15, -0.1) is 0 Å². The van der Waals surface area contributed by atoms with Gasteiger partial charge >= 0.3 is 0 Å². The number of ether oxygens (including phenoxy) is 1. The van der Waals surface area contributed by atoms with Crippen molar-refractivity contribution in [3.63, 3.8) is 0 Å². The summed E-state index contributed by atoms with van der Waals surface area (Å²) >= 11 is 0. The van der Waals surface area contributed by atoms with Crippen molar-refractivity contribution in [2.24, 2.45) is 0 Å². The number of aryl methyl sites for hydroxylation is 1. The van der Waals surface area contributed by atoms with E-state index >= 15 is 0 Å². The first-order chi connectivity index (χ1) is 12.1. The zero-order valence-corrected chi connectivity index (χ0v) is 15.2. The molecule has 134 valence electrons. The fraction of sp³-hybridized carbons (Fsp3) is 0.474. The van der Waals surface area contributed by atoms with E-state index < -0.39 is 0 Å². The summed E-state index contributed by atoms with van der Waals surface area (Å²) in [5, 5.41) is 0. The molecule has 0 bridgehead atoms. The molecule has 6 nitrogen and oxygen atoms in total. The standard InChI is InChI=1S/C19H26N4O2/c1-4-18-20-9-10-22(18)14-19(24)23-12-11-21(2)17(13-23)15-5-7-16(25-3)8-6-15/h5-10,17H,4,11-14H2,1-3H3/t17-/m0/s1. The van der Waals surface area contributed by atoms with Crippen LogP contribution in [0.5, 0.6) is 5.75 Å². The van der Waals surface area contributed by atoms with Gasteiger partial charge in [0.15, 0.2) is 0 Å². The van der Waals surface area contributed by atoms with E-state index in [2.05, 4.69) is 36.0 Å². The molecule has 3 rings (SSSR count). The predicted octanol–water partition coefficient (Wildman–Crippen LogP) is 1.97. The maximum absolute atomic E-state index is 12.8. The molecule has 1 aliphatic rings. The Hall–Kier alpha value is -2.34. The molecule has 25 heavy (non-hydrogen) atoms. The highest BCUT2D eigenvalue weighted by atomic mass is 16.5. The summed E-state index contributed by atoms with van der Waals surface area (Å²) in [6.45, 7) is 4.75. The fourth-order valence-corrected chi connectivity index (χ4v) is 3.33. The van der Waals surface area contributed by atoms with E-state index in [9.17, 15) is 4.79 Å². The predicted molar refractivity (Wildman–Crippen MR) is 96.6 cm³/mol. The second kappa shape index (κ2) is 7.70. The minimum Gasteiger partial charge on any atom is -0.497 e. The maximum atomic E-state index is 12.8. The Morgan fingerprint density at radius 2 is 2.04 bits per heavy atom. The highest BCUT2D eigenvalue weighted by Crippen LogP contribution is 2.26. The van der Waals surface area contributed by atoms with E-state index in [0.717, 1.165) is 31.1 Å². The van der Waals surface area contributed by atoms with Crippen LogP contribution in [0.3, 0.4) is 0 Å². The molecule has 0 unspecified atom stereocenters. The molecule has 1 aliphatic heterocycles. The van der Waals surface area contributed by atoms with Gasteiger partial charge < -0.3 is 14.2 Å². The Morgan fingerprint density at radius 1 is 1.28 bits per heavy atom. The van der Waals surface area contributed by atoms with Gasteiger partial charge in [-0.1, -0.05) is 19.1 Å². The molecular formula is C19H26N4O2. The smallest absolute Gasteiger partial charge is 0.242 e. The van der Waals surface area contributed by atoms with Crippen molar-refractivity contribution in [3.05, 3.63) is 48.0 Å². The number of amides is 1. The molecule has 0 spiro atoms. The number of imidazole rings is 1. The Balaban J connectivity index is 1.69. The van der Waals surface area contributed by atoms with Gasteiger partial charge in [-0.05, 0) is 24.7 Å². The van der Waals surface area contributed by atoms with E-state index in [-0.39, 0.29) is 11.9 Å². The van der Waals surface area contributed by atoms with Crippen molar-refractivity contribution in [3.8, 4) is 5.75 Å². The lowest BCUT2D eigenvalue weighted by Gasteiger charge is -2.39. The monoisotopic (exact) mass is 342 g/mol. The van der Waals surface area contributed by atoms with Crippen molar-refractivity contribution in [1.29, 1.82) is 0 Å². The molecule has 0 N–H and O–H groups in total. The fourth-order valence-electron chi connectivity index (χ4n) is 3.33. The van der Waals surface area contributed by atoms with Crippen LogP contribution in [0.15, 0.2) is 36.7 Å². The van der Waals surface area contributed by atoms with Crippen molar-refractivity contribution in [1.82, 2.24) is 19.4 Å². The molecule has 1 fully saturated rings. The van der Waals surface area contributed by atoms with E-state index in [1.807, 2.05) is 27.8 Å². The van der Waals surface area contributed by atoms with Gasteiger partial charge in [0.05, 0.1) is 13.2 Å². The van der Waals surface area contributed by atoms with Crippen molar-refractivity contribution >= 4 is 5.91 Å². The molecule has 1 aromatic heterocycles. The van der Waals surface area contributed by atoms with Crippen molar-refractivity contribution in [2.45, 2.75) is 25.9 Å². The van der Waals surface area contributed by atoms with Crippen LogP contribution in [0.4, 0.5) is 0 Å². The number of nitrogens with zero attached hydrogens (tertiary/aromatic N) is 4. The number of carbonyl (C=O) groups is 1. The maximum Gasteiger partial charge on any atom is 0.242 e. The van der Waals surface area contributed by atoms with Gasteiger partial charge in [0.25, 0.3) is 0 Å². The van der Waals surface area contributed by atoms with Crippen LogP contribution in [0, 0.1) is 0 Å². The number of hydrogen-bond donors (Lipinski definition) is 0. The summed E-state index contributed by atoms with van der Waals surface area (Å²) in [5.74, 6) is 1.95. The SMILES string of the molecule is CCc1nccn1CC(=O)N1CCN(C)[C@H](c2ccc(OC)cc2)C1. The minimum absolute atomic E-state index is 0.152. The lowest BCUT2D eigenvalue weighted by Crippen LogP contribution is -2.49. The van der Waals surface area contributed by atoms with Crippen LogP contribution < -0.4 is 4.74 Å². The lowest BCUT2D eigenvalue weighted by molar-refractivity contribution is -0.134. The van der Waals surface area contributed by atoms with Crippen LogP contribution in [0.1, 0.15) is 24.4 Å². The summed E-state index contributed by atoms with van der Waals surface area (Å²) in [5.41, 5.74) is 1.21. The number of hydrogen-bond acceptors (Lipinski definition) is 4. The topological polar surface area (TPSA) is 50.6 Å². The van der Waals surface area contributed by atoms with Gasteiger partial charge in [0.2, 0.25) is 5.91 Å². The van der Waals surface area contributed by atoms with Crippen LogP contribution in [-0.2, 0) is 17.8 Å². The molecule has 1 aromatic carbocycles. The molecule has 1 amide bonds. The number of piperazine rings is 1. The van der Waals surface area contributed by atoms with Gasteiger partial charge in [0, 0.05) is 38.4 Å². The molecule has 1 atom stereocenters. The highest BCUT2D eigenvalue weighted by Gasteiger charge is 2.28. The summed E-state index contributed by atoms with van der Waals surface area (Å²) in [6.07, 6.45) is 4.47. The van der Waals surface area contributed by atoms with Crippen molar-refractivity contribution < 1.29 is 9.53 Å². The third-order valence-corrected chi connectivity index (χ3v) is 4.92. The molecule has 0 saturated carbocycles. The average molecular weight is 342 g/mol. The quantitative estimate of drug-likeness (QED) is 0.834. The van der Waals surface area contributed by atoms with Crippen LogP contribution >= 0.6 is 0 Å². The van der Waals surface area contributed by atoms with Gasteiger partial charge in [-0.25, -0.2) is 4.98 Å². The highest BCUT2D eigenvalue weighted by molar-refractivity contribution is 5.76. The van der Waals surface area contributed by atoms with Gasteiger partial charge in [-0.3, -0.25) is 9.69 Å². The lowest BCUT2D eigenvalue weighted by atomic mass is 10.0. The average Bonchev–Trinajstić information content (AvgIpc) is 3.09. The third-order valence-electron chi connectivity index (χ3n) is 4.92.